The first-order chi connectivity index (χ1) is 16.6. The van der Waals surface area contributed by atoms with Crippen LogP contribution in [0.2, 0.25) is 0 Å². The third kappa shape index (κ3) is 5.28. The lowest BCUT2D eigenvalue weighted by Gasteiger charge is -2.13. The predicted octanol–water partition coefficient (Wildman–Crippen LogP) is 4.48. The number of benzene rings is 1. The van der Waals surface area contributed by atoms with Gasteiger partial charge in [0, 0.05) is 19.2 Å². The maximum Gasteiger partial charge on any atom is 0.303 e. The number of nitrogens with zero attached hydrogens (tertiary/aromatic N) is 3. The van der Waals surface area contributed by atoms with Gasteiger partial charge in [-0.2, -0.15) is 4.98 Å². The number of aromatic nitrogens is 2. The molecule has 0 unspecified atom stereocenters. The predicted molar refractivity (Wildman–Crippen MR) is 139 cm³/mol. The largest absolute Gasteiger partial charge is 0.481 e. The zero-order chi connectivity index (χ0) is 25.3. The highest BCUT2D eigenvalue weighted by Crippen LogP contribution is 2.34. The molecule has 1 amide bonds. The number of aryl methyl sites for hydroxylation is 3. The molecule has 0 radical (unpaired) electrons. The van der Waals surface area contributed by atoms with E-state index in [0.29, 0.717) is 15.7 Å². The standard InChI is InChI=1S/C25H23N3O5S2/c1-14-10-15(2)12-17(11-14)33-22-18(23(31)27-8-4-6-16(3)21(27)26-22)13-19-24(32)28(25(34)35-19)9-5-7-20(29)30/h4,6,8,10-13H,5,7,9H2,1-3H3,(H,29,30)/b19-13+. The molecule has 4 rings (SSSR count). The lowest BCUT2D eigenvalue weighted by molar-refractivity contribution is -0.137. The summed E-state index contributed by atoms with van der Waals surface area (Å²) in [4.78, 5) is 43.6. The number of ether oxygens (including phenoxy) is 1. The monoisotopic (exact) mass is 509 g/mol. The normalized spacial score (nSPS) is 14.8. The fourth-order valence-corrected chi connectivity index (χ4v) is 5.10. The van der Waals surface area contributed by atoms with Gasteiger partial charge < -0.3 is 9.84 Å². The minimum Gasteiger partial charge on any atom is -0.481 e. The molecule has 0 spiro atoms. The number of pyridine rings is 1. The number of thioether (sulfide) groups is 1. The molecule has 2 aromatic heterocycles. The topological polar surface area (TPSA) is 101 Å². The third-order valence-corrected chi connectivity index (χ3v) is 6.76. The molecule has 0 saturated carbocycles. The molecule has 1 fully saturated rings. The Morgan fingerprint density at radius 2 is 1.91 bits per heavy atom. The first-order valence-electron chi connectivity index (χ1n) is 10.9. The van der Waals surface area contributed by atoms with Crippen LogP contribution in [0.3, 0.4) is 0 Å². The second-order valence-corrected chi connectivity index (χ2v) is 9.95. The van der Waals surface area contributed by atoms with Crippen LogP contribution in [0.1, 0.15) is 35.1 Å². The Morgan fingerprint density at radius 3 is 2.60 bits per heavy atom. The number of carbonyl (C=O) groups excluding carboxylic acids is 1. The highest BCUT2D eigenvalue weighted by atomic mass is 32.2. The minimum atomic E-state index is -0.940. The summed E-state index contributed by atoms with van der Waals surface area (Å²) in [6.45, 7) is 5.94. The van der Waals surface area contributed by atoms with Gasteiger partial charge in [0.15, 0.2) is 0 Å². The number of carboxylic acids is 1. The molecule has 1 N–H and O–H groups in total. The Kier molecular flexibility index (Phi) is 7.04. The molecule has 0 atom stereocenters. The van der Waals surface area contributed by atoms with E-state index < -0.39 is 5.97 Å². The van der Waals surface area contributed by atoms with Gasteiger partial charge in [-0.15, -0.1) is 0 Å². The summed E-state index contributed by atoms with van der Waals surface area (Å²) >= 11 is 6.40. The van der Waals surface area contributed by atoms with Crippen molar-refractivity contribution in [2.24, 2.45) is 0 Å². The van der Waals surface area contributed by atoms with E-state index in [4.69, 9.17) is 22.1 Å². The highest BCUT2D eigenvalue weighted by molar-refractivity contribution is 8.26. The van der Waals surface area contributed by atoms with Crippen LogP contribution in [0, 0.1) is 20.8 Å². The summed E-state index contributed by atoms with van der Waals surface area (Å²) in [5.74, 6) is -0.699. The van der Waals surface area contributed by atoms with Crippen molar-refractivity contribution in [1.29, 1.82) is 0 Å². The van der Waals surface area contributed by atoms with Crippen molar-refractivity contribution >= 4 is 51.9 Å². The first kappa shape index (κ1) is 24.6. The van der Waals surface area contributed by atoms with Gasteiger partial charge in [-0.1, -0.05) is 36.1 Å². The van der Waals surface area contributed by atoms with Crippen LogP contribution >= 0.6 is 24.0 Å². The van der Waals surface area contributed by atoms with E-state index in [0.717, 1.165) is 28.5 Å². The van der Waals surface area contributed by atoms with Crippen LogP contribution in [0.15, 0.2) is 46.2 Å². The van der Waals surface area contributed by atoms with Crippen molar-refractivity contribution < 1.29 is 19.4 Å². The number of aliphatic carboxylic acids is 1. The van der Waals surface area contributed by atoms with Crippen molar-refractivity contribution in [2.75, 3.05) is 6.54 Å². The molecule has 180 valence electrons. The van der Waals surface area contributed by atoms with Crippen LogP contribution in [-0.2, 0) is 9.59 Å². The Hall–Kier alpha value is -3.50. The van der Waals surface area contributed by atoms with Gasteiger partial charge in [-0.05, 0) is 68.2 Å². The first-order valence-corrected chi connectivity index (χ1v) is 12.1. The molecule has 1 aromatic carbocycles. The fourth-order valence-electron chi connectivity index (χ4n) is 3.81. The Bertz CT molecular complexity index is 1440. The number of rotatable bonds is 7. The van der Waals surface area contributed by atoms with Gasteiger partial charge in [0.2, 0.25) is 5.88 Å². The van der Waals surface area contributed by atoms with Crippen molar-refractivity contribution in [2.45, 2.75) is 33.6 Å². The summed E-state index contributed by atoms with van der Waals surface area (Å²) in [5, 5.41) is 8.88. The number of hydrogen-bond acceptors (Lipinski definition) is 7. The summed E-state index contributed by atoms with van der Waals surface area (Å²) < 4.78 is 7.84. The number of carbonyl (C=O) groups is 2. The third-order valence-electron chi connectivity index (χ3n) is 5.38. The van der Waals surface area contributed by atoms with Gasteiger partial charge in [-0.25, -0.2) is 0 Å². The maximum absolute atomic E-state index is 13.5. The number of fused-ring (bicyclic) bond motifs is 1. The molecule has 1 aliphatic heterocycles. The maximum atomic E-state index is 13.5. The van der Waals surface area contributed by atoms with E-state index in [-0.39, 0.29) is 47.2 Å². The minimum absolute atomic E-state index is 0.0701. The smallest absolute Gasteiger partial charge is 0.303 e. The summed E-state index contributed by atoms with van der Waals surface area (Å²) in [6.07, 6.45) is 3.28. The van der Waals surface area contributed by atoms with Crippen LogP contribution in [-0.4, -0.2) is 42.1 Å². The zero-order valence-corrected chi connectivity index (χ0v) is 21.0. The van der Waals surface area contributed by atoms with Gasteiger partial charge in [0.25, 0.3) is 11.5 Å². The summed E-state index contributed by atoms with van der Waals surface area (Å²) in [7, 11) is 0. The molecule has 8 nitrogen and oxygen atoms in total. The molecular weight excluding hydrogens is 486 g/mol. The number of carboxylic acid groups (broad SMARTS) is 1. The second kappa shape index (κ2) is 10.0. The average Bonchev–Trinajstić information content (AvgIpc) is 3.03. The van der Waals surface area contributed by atoms with Gasteiger partial charge in [-0.3, -0.25) is 23.7 Å². The Balaban J connectivity index is 1.79. The van der Waals surface area contributed by atoms with Crippen LogP contribution < -0.4 is 10.3 Å². The zero-order valence-electron chi connectivity index (χ0n) is 19.4. The summed E-state index contributed by atoms with van der Waals surface area (Å²) in [6, 6.07) is 9.31. The van der Waals surface area contributed by atoms with E-state index in [1.165, 1.54) is 15.4 Å². The van der Waals surface area contributed by atoms with Crippen molar-refractivity contribution in [3.05, 3.63) is 74.0 Å². The lowest BCUT2D eigenvalue weighted by atomic mass is 10.1. The van der Waals surface area contributed by atoms with E-state index in [9.17, 15) is 14.4 Å². The molecule has 1 aliphatic rings. The lowest BCUT2D eigenvalue weighted by Crippen LogP contribution is -2.29. The van der Waals surface area contributed by atoms with E-state index in [2.05, 4.69) is 4.98 Å². The average molecular weight is 510 g/mol. The van der Waals surface area contributed by atoms with Crippen molar-refractivity contribution in [3.8, 4) is 11.6 Å². The van der Waals surface area contributed by atoms with Gasteiger partial charge >= 0.3 is 5.97 Å². The number of thiocarbonyl (C=S) groups is 1. The van der Waals surface area contributed by atoms with Crippen molar-refractivity contribution in [3.63, 3.8) is 0 Å². The van der Waals surface area contributed by atoms with Crippen LogP contribution in [0.5, 0.6) is 11.6 Å². The van der Waals surface area contributed by atoms with Crippen LogP contribution in [0.4, 0.5) is 0 Å². The van der Waals surface area contributed by atoms with E-state index >= 15 is 0 Å². The van der Waals surface area contributed by atoms with Crippen LogP contribution in [0.25, 0.3) is 11.7 Å². The Morgan fingerprint density at radius 1 is 1.20 bits per heavy atom. The molecule has 3 aromatic rings. The number of amides is 1. The SMILES string of the molecule is Cc1cc(C)cc(Oc2nc3c(C)cccn3c(=O)c2/C=C2/SC(=S)N(CCCC(=O)O)C2=O)c1. The molecule has 10 heteroatoms. The quantitative estimate of drug-likeness (QED) is 0.368. The molecule has 35 heavy (non-hydrogen) atoms. The Labute approximate surface area is 211 Å². The summed E-state index contributed by atoms with van der Waals surface area (Å²) in [5.41, 5.74) is 2.99. The van der Waals surface area contributed by atoms with Crippen molar-refractivity contribution in [1.82, 2.24) is 14.3 Å². The molecule has 3 heterocycles. The van der Waals surface area contributed by atoms with E-state index in [1.54, 1.807) is 12.3 Å². The number of hydrogen-bond donors (Lipinski definition) is 1. The molecule has 1 saturated heterocycles. The molecule has 0 aliphatic carbocycles. The van der Waals surface area contributed by atoms with Gasteiger partial charge in [0.1, 0.15) is 21.3 Å². The molecular formula is C25H23N3O5S2. The highest BCUT2D eigenvalue weighted by Gasteiger charge is 2.32. The van der Waals surface area contributed by atoms with Gasteiger partial charge in [0.05, 0.1) is 4.91 Å². The van der Waals surface area contributed by atoms with E-state index in [1.807, 2.05) is 45.0 Å². The second-order valence-electron chi connectivity index (χ2n) is 8.28. The molecule has 0 bridgehead atoms. The fraction of sp³-hybridized carbons (Fsp3) is 0.240.